The minimum absolute atomic E-state index is 0.307. The average molecular weight is 330 g/mol. The molecule has 0 spiro atoms. The van der Waals surface area contributed by atoms with Gasteiger partial charge in [-0.2, -0.15) is 5.26 Å². The summed E-state index contributed by atoms with van der Waals surface area (Å²) in [6, 6.07) is 12.2. The quantitative estimate of drug-likeness (QED) is 0.828. The van der Waals surface area contributed by atoms with Gasteiger partial charge in [-0.15, -0.1) is 0 Å². The van der Waals surface area contributed by atoms with Crippen LogP contribution >= 0.6 is 15.9 Å². The molecule has 0 aliphatic carbocycles. The first-order valence-electron chi connectivity index (χ1n) is 5.88. The number of carbonyl (C=O) groups excluding carboxylic acids is 1. The zero-order valence-electron chi connectivity index (χ0n) is 10.8. The summed E-state index contributed by atoms with van der Waals surface area (Å²) >= 11 is 3.38. The topological polar surface area (TPSA) is 78.9 Å². The van der Waals surface area contributed by atoms with E-state index in [1.54, 1.807) is 24.3 Å². The summed E-state index contributed by atoms with van der Waals surface area (Å²) in [6.45, 7) is 1.92. The van der Waals surface area contributed by atoms with Crippen molar-refractivity contribution >= 4 is 33.2 Å². The van der Waals surface area contributed by atoms with Crippen molar-refractivity contribution in [3.63, 3.8) is 0 Å². The number of aryl methyl sites for hydroxylation is 1. The lowest BCUT2D eigenvalue weighted by Gasteiger charge is -2.11. The Morgan fingerprint density at radius 3 is 2.75 bits per heavy atom. The van der Waals surface area contributed by atoms with E-state index in [0.29, 0.717) is 22.5 Å². The fraction of sp³-hybridized carbons (Fsp3) is 0.0667. The van der Waals surface area contributed by atoms with Gasteiger partial charge in [0.25, 0.3) is 5.91 Å². The molecule has 2 aromatic rings. The fourth-order valence-corrected chi connectivity index (χ4v) is 2.51. The third-order valence-electron chi connectivity index (χ3n) is 2.76. The van der Waals surface area contributed by atoms with Crippen LogP contribution < -0.4 is 11.1 Å². The normalized spacial score (nSPS) is 9.85. The number of hydrogen-bond donors (Lipinski definition) is 2. The zero-order valence-corrected chi connectivity index (χ0v) is 12.4. The molecular formula is C15H12BrN3O. The van der Waals surface area contributed by atoms with Crippen LogP contribution in [0.1, 0.15) is 21.5 Å². The molecule has 3 N–H and O–H groups in total. The predicted molar refractivity (Wildman–Crippen MR) is 82.4 cm³/mol. The first kappa shape index (κ1) is 14.1. The molecule has 20 heavy (non-hydrogen) atoms. The summed E-state index contributed by atoms with van der Waals surface area (Å²) in [6.07, 6.45) is 0. The number of benzene rings is 2. The summed E-state index contributed by atoms with van der Waals surface area (Å²) in [4.78, 5) is 12.2. The van der Waals surface area contributed by atoms with Gasteiger partial charge in [0, 0.05) is 10.0 Å². The third kappa shape index (κ3) is 2.98. The van der Waals surface area contributed by atoms with E-state index in [1.165, 1.54) is 6.07 Å². The second-order valence-electron chi connectivity index (χ2n) is 4.36. The van der Waals surface area contributed by atoms with Crippen LogP contribution in [0.2, 0.25) is 0 Å². The van der Waals surface area contributed by atoms with Crippen LogP contribution in [0.5, 0.6) is 0 Å². The van der Waals surface area contributed by atoms with Crippen molar-refractivity contribution in [2.45, 2.75) is 6.92 Å². The maximum absolute atomic E-state index is 12.2. The molecule has 2 rings (SSSR count). The average Bonchev–Trinajstić information content (AvgIpc) is 2.42. The Labute approximate surface area is 125 Å². The third-order valence-corrected chi connectivity index (χ3v) is 3.38. The van der Waals surface area contributed by atoms with Gasteiger partial charge in [0.1, 0.15) is 0 Å². The van der Waals surface area contributed by atoms with Crippen LogP contribution in [0.15, 0.2) is 40.9 Å². The Morgan fingerprint density at radius 2 is 2.10 bits per heavy atom. The Hall–Kier alpha value is -2.32. The van der Waals surface area contributed by atoms with Gasteiger partial charge in [-0.3, -0.25) is 4.79 Å². The number of nitrogens with two attached hydrogens (primary N) is 1. The lowest BCUT2D eigenvalue weighted by atomic mass is 10.1. The second-order valence-corrected chi connectivity index (χ2v) is 5.21. The van der Waals surface area contributed by atoms with E-state index < -0.39 is 0 Å². The van der Waals surface area contributed by atoms with E-state index in [2.05, 4.69) is 21.2 Å². The van der Waals surface area contributed by atoms with E-state index >= 15 is 0 Å². The number of nitrogens with one attached hydrogen (secondary N) is 1. The minimum Gasteiger partial charge on any atom is -0.397 e. The molecule has 0 aliphatic heterocycles. The highest BCUT2D eigenvalue weighted by Crippen LogP contribution is 2.30. The van der Waals surface area contributed by atoms with Gasteiger partial charge in [0.2, 0.25) is 0 Å². The highest BCUT2D eigenvalue weighted by molar-refractivity contribution is 9.10. The van der Waals surface area contributed by atoms with E-state index in [0.717, 1.165) is 10.0 Å². The second kappa shape index (κ2) is 5.76. The summed E-state index contributed by atoms with van der Waals surface area (Å²) in [5.74, 6) is -0.307. The molecule has 0 fully saturated rings. The number of carbonyl (C=O) groups is 1. The van der Waals surface area contributed by atoms with Crippen molar-refractivity contribution in [2.24, 2.45) is 0 Å². The number of halogens is 1. The predicted octanol–water partition coefficient (Wildman–Crippen LogP) is 3.46. The van der Waals surface area contributed by atoms with Gasteiger partial charge in [-0.1, -0.05) is 6.07 Å². The van der Waals surface area contributed by atoms with Crippen LogP contribution in [0, 0.1) is 18.3 Å². The van der Waals surface area contributed by atoms with Gasteiger partial charge < -0.3 is 11.1 Å². The Balaban J connectivity index is 2.31. The summed E-state index contributed by atoms with van der Waals surface area (Å²) < 4.78 is 0.722. The zero-order chi connectivity index (χ0) is 14.7. The SMILES string of the molecule is Cc1cc(N)c(NC(=O)c2cccc(C#N)c2)c(Br)c1. The number of rotatable bonds is 2. The number of amides is 1. The summed E-state index contributed by atoms with van der Waals surface area (Å²) in [5, 5.41) is 11.6. The lowest BCUT2D eigenvalue weighted by Crippen LogP contribution is -2.14. The first-order valence-corrected chi connectivity index (χ1v) is 6.67. The number of nitriles is 1. The maximum Gasteiger partial charge on any atom is 0.255 e. The number of hydrogen-bond acceptors (Lipinski definition) is 3. The monoisotopic (exact) mass is 329 g/mol. The largest absolute Gasteiger partial charge is 0.397 e. The molecular weight excluding hydrogens is 318 g/mol. The summed E-state index contributed by atoms with van der Waals surface area (Å²) in [7, 11) is 0. The Morgan fingerprint density at radius 1 is 1.35 bits per heavy atom. The fourth-order valence-electron chi connectivity index (χ4n) is 1.82. The smallest absolute Gasteiger partial charge is 0.255 e. The van der Waals surface area contributed by atoms with Crippen molar-refractivity contribution in [1.82, 2.24) is 0 Å². The van der Waals surface area contributed by atoms with Gasteiger partial charge in [0.15, 0.2) is 0 Å². The highest BCUT2D eigenvalue weighted by atomic mass is 79.9. The molecule has 0 atom stereocenters. The van der Waals surface area contributed by atoms with Crippen LogP contribution in [0.4, 0.5) is 11.4 Å². The molecule has 0 aliphatic rings. The van der Waals surface area contributed by atoms with Crippen molar-refractivity contribution in [1.29, 1.82) is 5.26 Å². The minimum atomic E-state index is -0.307. The maximum atomic E-state index is 12.2. The number of nitrogens with zero attached hydrogens (tertiary/aromatic N) is 1. The summed E-state index contributed by atoms with van der Waals surface area (Å²) in [5.41, 5.74) is 8.78. The molecule has 0 saturated heterocycles. The van der Waals surface area contributed by atoms with Crippen molar-refractivity contribution < 1.29 is 4.79 Å². The highest BCUT2D eigenvalue weighted by Gasteiger charge is 2.12. The van der Waals surface area contributed by atoms with Gasteiger partial charge in [-0.05, 0) is 58.7 Å². The van der Waals surface area contributed by atoms with Crippen LogP contribution in [0.3, 0.4) is 0 Å². The standard InChI is InChI=1S/C15H12BrN3O/c1-9-5-12(16)14(13(18)6-9)19-15(20)11-4-2-3-10(7-11)8-17/h2-7H,18H2,1H3,(H,19,20). The Kier molecular flexibility index (Phi) is 4.06. The molecule has 100 valence electrons. The first-order chi connectivity index (χ1) is 9.51. The lowest BCUT2D eigenvalue weighted by molar-refractivity contribution is 0.102. The molecule has 1 amide bonds. The van der Waals surface area contributed by atoms with E-state index in [9.17, 15) is 4.79 Å². The van der Waals surface area contributed by atoms with E-state index in [-0.39, 0.29) is 5.91 Å². The van der Waals surface area contributed by atoms with Crippen molar-refractivity contribution in [2.75, 3.05) is 11.1 Å². The van der Waals surface area contributed by atoms with E-state index in [1.807, 2.05) is 19.1 Å². The van der Waals surface area contributed by atoms with Crippen LogP contribution in [-0.2, 0) is 0 Å². The molecule has 0 aromatic heterocycles. The molecule has 0 radical (unpaired) electrons. The molecule has 0 unspecified atom stereocenters. The molecule has 0 bridgehead atoms. The van der Waals surface area contributed by atoms with Crippen LogP contribution in [0.25, 0.3) is 0 Å². The molecule has 2 aromatic carbocycles. The van der Waals surface area contributed by atoms with Gasteiger partial charge >= 0.3 is 0 Å². The van der Waals surface area contributed by atoms with Crippen molar-refractivity contribution in [3.05, 3.63) is 57.6 Å². The van der Waals surface area contributed by atoms with Gasteiger partial charge in [-0.25, -0.2) is 0 Å². The van der Waals surface area contributed by atoms with Crippen molar-refractivity contribution in [3.8, 4) is 6.07 Å². The molecule has 0 saturated carbocycles. The molecule has 4 nitrogen and oxygen atoms in total. The van der Waals surface area contributed by atoms with E-state index in [4.69, 9.17) is 11.0 Å². The van der Waals surface area contributed by atoms with Crippen LogP contribution in [-0.4, -0.2) is 5.91 Å². The van der Waals surface area contributed by atoms with Gasteiger partial charge in [0.05, 0.1) is 23.0 Å². The number of anilines is 2. The molecule has 0 heterocycles. The Bertz CT molecular complexity index is 696. The number of nitrogen functional groups attached to an aromatic ring is 1. The molecule has 5 heteroatoms.